The first-order valence-electron chi connectivity index (χ1n) is 10.6. The lowest BCUT2D eigenvalue weighted by atomic mass is 9.93. The Morgan fingerprint density at radius 1 is 1.35 bits per heavy atom. The van der Waals surface area contributed by atoms with Gasteiger partial charge in [-0.1, -0.05) is 41.8 Å². The number of benzene rings is 1. The third kappa shape index (κ3) is 5.25. The molecule has 0 radical (unpaired) electrons. The van der Waals surface area contributed by atoms with Crippen molar-refractivity contribution in [3.8, 4) is 0 Å². The van der Waals surface area contributed by atoms with Crippen LogP contribution >= 0.6 is 23.2 Å². The van der Waals surface area contributed by atoms with Gasteiger partial charge in [0.1, 0.15) is 0 Å². The number of esters is 1. The van der Waals surface area contributed by atoms with Gasteiger partial charge < -0.3 is 10.1 Å². The molecule has 6 nitrogen and oxygen atoms in total. The monoisotopic (exact) mass is 465 g/mol. The number of rotatable bonds is 7. The zero-order valence-corrected chi connectivity index (χ0v) is 19.5. The second kappa shape index (κ2) is 10.5. The lowest BCUT2D eigenvalue weighted by Gasteiger charge is -2.41. The maximum Gasteiger partial charge on any atom is 0.338 e. The smallest absolute Gasteiger partial charge is 0.338 e. The Hall–Kier alpha value is -2.02. The highest BCUT2D eigenvalue weighted by atomic mass is 35.5. The molecule has 2 amide bonds. The number of nitrogens with one attached hydrogen (secondary N) is 1. The molecule has 2 heterocycles. The van der Waals surface area contributed by atoms with E-state index < -0.39 is 12.0 Å². The van der Waals surface area contributed by atoms with Crippen molar-refractivity contribution in [2.45, 2.75) is 45.2 Å². The Labute approximate surface area is 193 Å². The van der Waals surface area contributed by atoms with E-state index in [2.05, 4.69) is 23.7 Å². The fourth-order valence-electron chi connectivity index (χ4n) is 4.20. The van der Waals surface area contributed by atoms with Gasteiger partial charge in [-0.05, 0) is 50.9 Å². The van der Waals surface area contributed by atoms with E-state index in [0.717, 1.165) is 19.4 Å². The first kappa shape index (κ1) is 23.6. The van der Waals surface area contributed by atoms with Gasteiger partial charge in [-0.25, -0.2) is 9.59 Å². The van der Waals surface area contributed by atoms with Crippen molar-refractivity contribution in [1.29, 1.82) is 0 Å². The molecule has 0 spiro atoms. The van der Waals surface area contributed by atoms with Gasteiger partial charge in [-0.3, -0.25) is 9.80 Å². The Morgan fingerprint density at radius 3 is 2.77 bits per heavy atom. The summed E-state index contributed by atoms with van der Waals surface area (Å²) in [7, 11) is 0. The van der Waals surface area contributed by atoms with Crippen LogP contribution in [0.2, 0.25) is 10.0 Å². The number of carbonyl (C=O) groups excluding carboxylic acids is 2. The minimum atomic E-state index is -0.729. The number of urea groups is 1. The minimum Gasteiger partial charge on any atom is -0.463 e. The molecular formula is C23H29Cl2N3O3. The van der Waals surface area contributed by atoms with Gasteiger partial charge in [0, 0.05) is 34.9 Å². The Kier molecular flexibility index (Phi) is 8.03. The summed E-state index contributed by atoms with van der Waals surface area (Å²) in [4.78, 5) is 30.2. The van der Waals surface area contributed by atoms with Crippen molar-refractivity contribution in [3.63, 3.8) is 0 Å². The van der Waals surface area contributed by atoms with E-state index in [1.54, 1.807) is 36.1 Å². The molecule has 2 atom stereocenters. The number of nitrogens with zero attached hydrogens (tertiary/aromatic N) is 2. The summed E-state index contributed by atoms with van der Waals surface area (Å²) in [6.07, 6.45) is 5.01. The van der Waals surface area contributed by atoms with Gasteiger partial charge in [-0.15, -0.1) is 6.58 Å². The molecule has 1 aromatic carbocycles. The highest BCUT2D eigenvalue weighted by Gasteiger charge is 2.39. The number of halogens is 2. The van der Waals surface area contributed by atoms with Crippen molar-refractivity contribution in [2.24, 2.45) is 0 Å². The van der Waals surface area contributed by atoms with Crippen LogP contribution in [-0.4, -0.2) is 54.1 Å². The Balaban J connectivity index is 2.15. The maximum absolute atomic E-state index is 13.2. The van der Waals surface area contributed by atoms with E-state index in [9.17, 15) is 9.59 Å². The second-order valence-electron chi connectivity index (χ2n) is 7.84. The van der Waals surface area contributed by atoms with E-state index in [0.29, 0.717) is 39.5 Å². The van der Waals surface area contributed by atoms with Gasteiger partial charge >= 0.3 is 12.0 Å². The molecule has 2 aliphatic rings. The lowest BCUT2D eigenvalue weighted by molar-refractivity contribution is -0.139. The molecule has 1 saturated heterocycles. The fourth-order valence-corrected chi connectivity index (χ4v) is 4.72. The summed E-state index contributed by atoms with van der Waals surface area (Å²) in [6.45, 7) is 9.62. The number of piperidine rings is 1. The van der Waals surface area contributed by atoms with Crippen LogP contribution in [0.5, 0.6) is 0 Å². The largest absolute Gasteiger partial charge is 0.463 e. The molecule has 0 unspecified atom stereocenters. The molecule has 3 rings (SSSR count). The van der Waals surface area contributed by atoms with Crippen molar-refractivity contribution in [2.75, 3.05) is 26.2 Å². The highest BCUT2D eigenvalue weighted by molar-refractivity contribution is 6.35. The molecule has 0 aliphatic carbocycles. The van der Waals surface area contributed by atoms with Gasteiger partial charge in [-0.2, -0.15) is 0 Å². The molecule has 0 saturated carbocycles. The Bertz CT molecular complexity index is 887. The normalized spacial score (nSPS) is 22.3. The molecule has 8 heteroatoms. The van der Waals surface area contributed by atoms with E-state index in [1.807, 2.05) is 0 Å². The molecule has 2 aliphatic heterocycles. The molecule has 1 fully saturated rings. The van der Waals surface area contributed by atoms with Crippen LogP contribution in [0.15, 0.2) is 42.1 Å². The Morgan fingerprint density at radius 2 is 2.13 bits per heavy atom. The van der Waals surface area contributed by atoms with Crippen LogP contribution in [0.1, 0.15) is 44.7 Å². The standard InChI is InChI=1S/C23H29Cl2N3O3/c1-4-11-28-19(14-27-12-7-6-8-15(27)3)20(22(29)31-5-2)21(26-23(28)30)17-10-9-16(24)13-18(17)25/h4,9-10,13,15,21H,1,5-8,11-12,14H2,2-3H3,(H,26,30)/t15-,21-/m0/s1. The highest BCUT2D eigenvalue weighted by Crippen LogP contribution is 2.36. The lowest BCUT2D eigenvalue weighted by Crippen LogP contribution is -2.52. The molecular weight excluding hydrogens is 437 g/mol. The quantitative estimate of drug-likeness (QED) is 0.457. The number of hydrogen-bond donors (Lipinski definition) is 1. The predicted octanol–water partition coefficient (Wildman–Crippen LogP) is 4.94. The first-order chi connectivity index (χ1) is 14.9. The van der Waals surface area contributed by atoms with Crippen LogP contribution in [0, 0.1) is 0 Å². The average molecular weight is 466 g/mol. The number of carbonyl (C=O) groups is 2. The van der Waals surface area contributed by atoms with Gasteiger partial charge in [0.25, 0.3) is 0 Å². The van der Waals surface area contributed by atoms with Gasteiger partial charge in [0.15, 0.2) is 0 Å². The maximum atomic E-state index is 13.2. The molecule has 31 heavy (non-hydrogen) atoms. The first-order valence-corrected chi connectivity index (χ1v) is 11.4. The van der Waals surface area contributed by atoms with Crippen LogP contribution in [0.4, 0.5) is 4.79 Å². The van der Waals surface area contributed by atoms with Crippen LogP contribution < -0.4 is 5.32 Å². The fraction of sp³-hybridized carbons (Fsp3) is 0.478. The van der Waals surface area contributed by atoms with Gasteiger partial charge in [0.2, 0.25) is 0 Å². The molecule has 0 aromatic heterocycles. The SMILES string of the molecule is C=CCN1C(=O)N[C@@H](c2ccc(Cl)cc2Cl)C(C(=O)OCC)=C1CN1CCCC[C@@H]1C. The number of ether oxygens (including phenoxy) is 1. The van der Waals surface area contributed by atoms with Crippen LogP contribution in [-0.2, 0) is 9.53 Å². The summed E-state index contributed by atoms with van der Waals surface area (Å²) < 4.78 is 5.42. The number of likely N-dealkylation sites (tertiary alicyclic amines) is 1. The van der Waals surface area contributed by atoms with E-state index in [1.165, 1.54) is 6.42 Å². The topological polar surface area (TPSA) is 61.9 Å². The third-order valence-electron chi connectivity index (χ3n) is 5.81. The third-order valence-corrected chi connectivity index (χ3v) is 6.37. The average Bonchev–Trinajstić information content (AvgIpc) is 2.72. The summed E-state index contributed by atoms with van der Waals surface area (Å²) in [5.41, 5.74) is 1.63. The van der Waals surface area contributed by atoms with Crippen LogP contribution in [0.3, 0.4) is 0 Å². The van der Waals surface area contributed by atoms with Crippen molar-refractivity contribution in [3.05, 3.63) is 57.7 Å². The summed E-state index contributed by atoms with van der Waals surface area (Å²) >= 11 is 12.5. The molecule has 0 bridgehead atoms. The van der Waals surface area contributed by atoms with Crippen LogP contribution in [0.25, 0.3) is 0 Å². The van der Waals surface area contributed by atoms with Crippen molar-refractivity contribution in [1.82, 2.24) is 15.1 Å². The number of hydrogen-bond acceptors (Lipinski definition) is 4. The zero-order valence-electron chi connectivity index (χ0n) is 18.0. The van der Waals surface area contributed by atoms with Crippen molar-refractivity contribution >= 4 is 35.2 Å². The van der Waals surface area contributed by atoms with E-state index in [-0.39, 0.29) is 19.2 Å². The summed E-state index contributed by atoms with van der Waals surface area (Å²) in [6, 6.07) is 4.36. The second-order valence-corrected chi connectivity index (χ2v) is 8.69. The van der Waals surface area contributed by atoms with Gasteiger partial charge in [0.05, 0.1) is 18.2 Å². The molecule has 168 valence electrons. The van der Waals surface area contributed by atoms with E-state index >= 15 is 0 Å². The predicted molar refractivity (Wildman–Crippen MR) is 123 cm³/mol. The summed E-state index contributed by atoms with van der Waals surface area (Å²) in [5, 5.41) is 3.79. The summed E-state index contributed by atoms with van der Waals surface area (Å²) in [5.74, 6) is -0.466. The minimum absolute atomic E-state index is 0.228. The van der Waals surface area contributed by atoms with Crippen molar-refractivity contribution < 1.29 is 14.3 Å². The zero-order chi connectivity index (χ0) is 22.5. The molecule has 1 N–H and O–H groups in total. The number of amides is 2. The van der Waals surface area contributed by atoms with E-state index in [4.69, 9.17) is 27.9 Å². The molecule has 1 aromatic rings.